The number of rotatable bonds is 7. The standard InChI is InChI=1S/C21H33N5/c1-2-25(26-13-7-8-14-26)15-9-12-19-16-20(24-21(17-22)23-19)18-10-5-3-4-6-11-18/h16,18H,2-15H2,1H3. The molecule has 2 aliphatic rings. The van der Waals surface area contributed by atoms with Gasteiger partial charge < -0.3 is 0 Å². The van der Waals surface area contributed by atoms with Gasteiger partial charge in [-0.15, -0.1) is 0 Å². The van der Waals surface area contributed by atoms with Gasteiger partial charge >= 0.3 is 0 Å². The summed E-state index contributed by atoms with van der Waals surface area (Å²) in [6, 6.07) is 4.36. The second-order valence-electron chi connectivity index (χ2n) is 7.72. The molecule has 142 valence electrons. The van der Waals surface area contributed by atoms with Gasteiger partial charge in [0.15, 0.2) is 0 Å². The largest absolute Gasteiger partial charge is 0.242 e. The van der Waals surface area contributed by atoms with Crippen LogP contribution in [-0.2, 0) is 6.42 Å². The van der Waals surface area contributed by atoms with Gasteiger partial charge in [0.05, 0.1) is 0 Å². The lowest BCUT2D eigenvalue weighted by atomic mass is 9.95. The molecule has 0 atom stereocenters. The molecule has 0 unspecified atom stereocenters. The second-order valence-corrected chi connectivity index (χ2v) is 7.72. The van der Waals surface area contributed by atoms with Crippen molar-refractivity contribution < 1.29 is 0 Å². The van der Waals surface area contributed by atoms with Crippen LogP contribution in [-0.4, -0.2) is 46.2 Å². The molecule has 0 radical (unpaired) electrons. The summed E-state index contributed by atoms with van der Waals surface area (Å²) in [5.74, 6) is 0.872. The maximum atomic E-state index is 9.35. The van der Waals surface area contributed by atoms with Crippen LogP contribution >= 0.6 is 0 Å². The van der Waals surface area contributed by atoms with Crippen molar-refractivity contribution in [2.24, 2.45) is 0 Å². The Labute approximate surface area is 158 Å². The van der Waals surface area contributed by atoms with Crippen LogP contribution < -0.4 is 0 Å². The van der Waals surface area contributed by atoms with Gasteiger partial charge in [-0.25, -0.2) is 20.0 Å². The molecule has 0 spiro atoms. The monoisotopic (exact) mass is 355 g/mol. The molecule has 5 nitrogen and oxygen atoms in total. The molecule has 1 aliphatic carbocycles. The normalized spacial score (nSPS) is 19.6. The third-order valence-electron chi connectivity index (χ3n) is 5.87. The molecule has 3 rings (SSSR count). The van der Waals surface area contributed by atoms with Gasteiger partial charge in [-0.05, 0) is 44.6 Å². The fourth-order valence-electron chi connectivity index (χ4n) is 4.41. The minimum atomic E-state index is 0.355. The molecule has 1 aromatic heterocycles. The van der Waals surface area contributed by atoms with Crippen LogP contribution in [0.1, 0.15) is 87.8 Å². The van der Waals surface area contributed by atoms with Crippen molar-refractivity contribution in [2.75, 3.05) is 26.2 Å². The minimum Gasteiger partial charge on any atom is -0.242 e. The Balaban J connectivity index is 1.61. The van der Waals surface area contributed by atoms with Crippen LogP contribution in [0.3, 0.4) is 0 Å². The quantitative estimate of drug-likeness (QED) is 0.691. The van der Waals surface area contributed by atoms with Crippen LogP contribution in [0, 0.1) is 11.3 Å². The highest BCUT2D eigenvalue weighted by Gasteiger charge is 2.19. The Hall–Kier alpha value is -1.51. The van der Waals surface area contributed by atoms with E-state index in [0.29, 0.717) is 11.7 Å². The Kier molecular flexibility index (Phi) is 7.40. The molecular formula is C21H33N5. The second kappa shape index (κ2) is 9.99. The zero-order valence-corrected chi connectivity index (χ0v) is 16.3. The van der Waals surface area contributed by atoms with Crippen molar-refractivity contribution in [3.63, 3.8) is 0 Å². The molecule has 2 heterocycles. The molecule has 2 fully saturated rings. The minimum absolute atomic E-state index is 0.355. The summed E-state index contributed by atoms with van der Waals surface area (Å²) < 4.78 is 0. The molecule has 1 aromatic rings. The maximum Gasteiger partial charge on any atom is 0.232 e. The van der Waals surface area contributed by atoms with Gasteiger partial charge in [-0.3, -0.25) is 0 Å². The van der Waals surface area contributed by atoms with Gasteiger partial charge in [0.1, 0.15) is 6.07 Å². The summed E-state index contributed by atoms with van der Waals surface area (Å²) in [6.07, 6.45) is 12.3. The van der Waals surface area contributed by atoms with Crippen molar-refractivity contribution >= 4 is 0 Å². The zero-order valence-electron chi connectivity index (χ0n) is 16.3. The highest BCUT2D eigenvalue weighted by atomic mass is 15.6. The van der Waals surface area contributed by atoms with Crippen LogP contribution in [0.2, 0.25) is 0 Å². The molecule has 1 saturated carbocycles. The summed E-state index contributed by atoms with van der Waals surface area (Å²) in [5.41, 5.74) is 2.16. The van der Waals surface area contributed by atoms with Crippen LogP contribution in [0.5, 0.6) is 0 Å². The first-order chi connectivity index (χ1) is 12.8. The molecule has 5 heteroatoms. The molecule has 0 bridgehead atoms. The first-order valence-electron chi connectivity index (χ1n) is 10.6. The summed E-state index contributed by atoms with van der Waals surface area (Å²) in [4.78, 5) is 9.03. The zero-order chi connectivity index (χ0) is 18.2. The summed E-state index contributed by atoms with van der Waals surface area (Å²) >= 11 is 0. The van der Waals surface area contributed by atoms with E-state index >= 15 is 0 Å². The number of aryl methyl sites for hydroxylation is 1. The van der Waals surface area contributed by atoms with Gasteiger partial charge in [0.25, 0.3) is 0 Å². The molecule has 1 saturated heterocycles. The van der Waals surface area contributed by atoms with E-state index in [9.17, 15) is 5.26 Å². The number of aromatic nitrogens is 2. The van der Waals surface area contributed by atoms with E-state index in [2.05, 4.69) is 39.0 Å². The van der Waals surface area contributed by atoms with Gasteiger partial charge in [0.2, 0.25) is 5.82 Å². The molecule has 26 heavy (non-hydrogen) atoms. The first kappa shape index (κ1) is 19.3. The maximum absolute atomic E-state index is 9.35. The van der Waals surface area contributed by atoms with E-state index in [0.717, 1.165) is 37.3 Å². The van der Waals surface area contributed by atoms with Crippen LogP contribution in [0.25, 0.3) is 0 Å². The fraction of sp³-hybridized carbons (Fsp3) is 0.762. The fourth-order valence-corrected chi connectivity index (χ4v) is 4.41. The lowest BCUT2D eigenvalue weighted by molar-refractivity contribution is 0.00100. The SMILES string of the molecule is CCN(CCCc1cc(C2CCCCCC2)nc(C#N)n1)N1CCCC1. The average Bonchev–Trinajstić information content (AvgIpc) is 3.06. The third kappa shape index (κ3) is 5.25. The number of hydrogen-bond donors (Lipinski definition) is 0. The Morgan fingerprint density at radius 2 is 1.85 bits per heavy atom. The van der Waals surface area contributed by atoms with Gasteiger partial charge in [0, 0.05) is 43.5 Å². The van der Waals surface area contributed by atoms with Crippen LogP contribution in [0.4, 0.5) is 0 Å². The van der Waals surface area contributed by atoms with Crippen molar-refractivity contribution in [1.29, 1.82) is 5.26 Å². The highest BCUT2D eigenvalue weighted by molar-refractivity contribution is 5.21. The van der Waals surface area contributed by atoms with Gasteiger partial charge in [-0.2, -0.15) is 5.26 Å². The predicted octanol–water partition coefficient (Wildman–Crippen LogP) is 4.05. The van der Waals surface area contributed by atoms with E-state index in [1.165, 1.54) is 64.5 Å². The number of hydrazine groups is 1. The average molecular weight is 356 g/mol. The van der Waals surface area contributed by atoms with Crippen LogP contribution in [0.15, 0.2) is 6.07 Å². The van der Waals surface area contributed by atoms with Crippen molar-refractivity contribution in [3.05, 3.63) is 23.3 Å². The Morgan fingerprint density at radius 3 is 2.50 bits per heavy atom. The number of hydrogen-bond acceptors (Lipinski definition) is 5. The Bertz CT molecular complexity index is 595. The molecule has 1 aliphatic heterocycles. The number of nitrogens with zero attached hydrogens (tertiary/aromatic N) is 5. The van der Waals surface area contributed by atoms with E-state index in [1.54, 1.807) is 0 Å². The molecular weight excluding hydrogens is 322 g/mol. The van der Waals surface area contributed by atoms with E-state index in [-0.39, 0.29) is 0 Å². The summed E-state index contributed by atoms with van der Waals surface area (Å²) in [6.45, 7) is 6.78. The number of nitriles is 1. The smallest absolute Gasteiger partial charge is 0.232 e. The van der Waals surface area contributed by atoms with E-state index in [4.69, 9.17) is 0 Å². The topological polar surface area (TPSA) is 56.1 Å². The Morgan fingerprint density at radius 1 is 1.12 bits per heavy atom. The predicted molar refractivity (Wildman–Crippen MR) is 104 cm³/mol. The molecule has 0 amide bonds. The lowest BCUT2D eigenvalue weighted by Gasteiger charge is -2.30. The molecule has 0 aromatic carbocycles. The summed E-state index contributed by atoms with van der Waals surface area (Å²) in [5, 5.41) is 14.3. The first-order valence-corrected chi connectivity index (χ1v) is 10.6. The highest BCUT2D eigenvalue weighted by Crippen LogP contribution is 2.30. The van der Waals surface area contributed by atoms with Crippen molar-refractivity contribution in [3.8, 4) is 6.07 Å². The summed E-state index contributed by atoms with van der Waals surface area (Å²) in [7, 11) is 0. The lowest BCUT2D eigenvalue weighted by Crippen LogP contribution is -2.41. The van der Waals surface area contributed by atoms with Gasteiger partial charge in [-0.1, -0.05) is 32.6 Å². The van der Waals surface area contributed by atoms with E-state index < -0.39 is 0 Å². The third-order valence-corrected chi connectivity index (χ3v) is 5.87. The van der Waals surface area contributed by atoms with E-state index in [1.807, 2.05) is 0 Å². The molecule has 0 N–H and O–H groups in total. The van der Waals surface area contributed by atoms with Crippen molar-refractivity contribution in [2.45, 2.75) is 77.0 Å². The van der Waals surface area contributed by atoms with Crippen molar-refractivity contribution in [1.82, 2.24) is 20.0 Å².